The number of anilines is 2. The predicted molar refractivity (Wildman–Crippen MR) is 140 cm³/mol. The maximum absolute atomic E-state index is 13.6. The summed E-state index contributed by atoms with van der Waals surface area (Å²) in [5.74, 6) is 1.30. The van der Waals surface area contributed by atoms with Crippen molar-refractivity contribution in [3.05, 3.63) is 118 Å². The Kier molecular flexibility index (Phi) is 6.53. The Morgan fingerprint density at radius 2 is 1.69 bits per heavy atom. The summed E-state index contributed by atoms with van der Waals surface area (Å²) in [4.78, 5) is 15.4. The van der Waals surface area contributed by atoms with Gasteiger partial charge in [-0.05, 0) is 66.2 Å². The molecule has 1 amide bonds. The Balaban J connectivity index is 1.47. The minimum atomic E-state index is -0.437. The quantitative estimate of drug-likeness (QED) is 0.298. The zero-order valence-electron chi connectivity index (χ0n) is 18.9. The van der Waals surface area contributed by atoms with Crippen LogP contribution in [0.25, 0.3) is 0 Å². The van der Waals surface area contributed by atoms with Crippen LogP contribution in [-0.2, 0) is 6.61 Å². The molecule has 0 aliphatic carbocycles. The average molecular weight is 505 g/mol. The summed E-state index contributed by atoms with van der Waals surface area (Å²) in [5, 5.41) is 4.65. The van der Waals surface area contributed by atoms with E-state index in [1.807, 2.05) is 78.9 Å². The lowest BCUT2D eigenvalue weighted by Gasteiger charge is -2.38. The summed E-state index contributed by atoms with van der Waals surface area (Å²) in [6, 6.07) is 28.0. The van der Waals surface area contributed by atoms with Crippen LogP contribution in [0.3, 0.4) is 0 Å². The van der Waals surface area contributed by atoms with E-state index < -0.39 is 6.17 Å². The van der Waals surface area contributed by atoms with E-state index in [-0.39, 0.29) is 5.91 Å². The molecule has 176 valence electrons. The van der Waals surface area contributed by atoms with Gasteiger partial charge in [-0.3, -0.25) is 9.69 Å². The predicted octanol–water partition coefficient (Wildman–Crippen LogP) is 7.35. The normalized spacial score (nSPS) is 14.8. The molecule has 5 nitrogen and oxygen atoms in total. The van der Waals surface area contributed by atoms with Crippen LogP contribution in [0.5, 0.6) is 11.5 Å². The Morgan fingerprint density at radius 1 is 0.886 bits per heavy atom. The maximum Gasteiger partial charge on any atom is 0.262 e. The third kappa shape index (κ3) is 4.78. The largest absolute Gasteiger partial charge is 0.497 e. The van der Waals surface area contributed by atoms with Gasteiger partial charge >= 0.3 is 0 Å². The molecule has 0 saturated heterocycles. The van der Waals surface area contributed by atoms with Gasteiger partial charge in [0.05, 0.1) is 12.7 Å². The molecule has 0 saturated carbocycles. The first-order valence-corrected chi connectivity index (χ1v) is 11.8. The van der Waals surface area contributed by atoms with Gasteiger partial charge in [-0.2, -0.15) is 0 Å². The summed E-state index contributed by atoms with van der Waals surface area (Å²) >= 11 is 12.3. The van der Waals surface area contributed by atoms with Gasteiger partial charge < -0.3 is 14.8 Å². The maximum atomic E-state index is 13.6. The van der Waals surface area contributed by atoms with Crippen LogP contribution in [0.15, 0.2) is 91.0 Å². The lowest BCUT2D eigenvalue weighted by Crippen LogP contribution is -2.43. The van der Waals surface area contributed by atoms with E-state index in [1.54, 1.807) is 24.1 Å². The zero-order valence-corrected chi connectivity index (χ0v) is 20.4. The first kappa shape index (κ1) is 23.1. The van der Waals surface area contributed by atoms with Gasteiger partial charge in [0.1, 0.15) is 24.3 Å². The SMILES string of the molecule is COc1ccc(N2C(=O)c3ccccc3NC2c2cccc(OCc3ccc(Cl)cc3Cl)c2)cc1. The second-order valence-electron chi connectivity index (χ2n) is 8.06. The molecule has 0 spiro atoms. The van der Waals surface area contributed by atoms with Crippen molar-refractivity contribution in [3.63, 3.8) is 0 Å². The van der Waals surface area contributed by atoms with Crippen molar-refractivity contribution in [2.75, 3.05) is 17.3 Å². The summed E-state index contributed by atoms with van der Waals surface area (Å²) in [5.41, 5.74) is 3.86. The first-order chi connectivity index (χ1) is 17.0. The van der Waals surface area contributed by atoms with Crippen molar-refractivity contribution in [1.29, 1.82) is 0 Å². The number of para-hydroxylation sites is 1. The third-order valence-electron chi connectivity index (χ3n) is 5.86. The number of rotatable bonds is 6. The fourth-order valence-corrected chi connectivity index (χ4v) is 4.53. The van der Waals surface area contributed by atoms with Gasteiger partial charge in [0.25, 0.3) is 5.91 Å². The summed E-state index contributed by atoms with van der Waals surface area (Å²) < 4.78 is 11.3. The fraction of sp³-hybridized carbons (Fsp3) is 0.107. The minimum absolute atomic E-state index is 0.0891. The molecule has 0 bridgehead atoms. The summed E-state index contributed by atoms with van der Waals surface area (Å²) in [6.45, 7) is 0.293. The number of fused-ring (bicyclic) bond motifs is 1. The van der Waals surface area contributed by atoms with Gasteiger partial charge in [-0.25, -0.2) is 0 Å². The number of hydrogen-bond donors (Lipinski definition) is 1. The van der Waals surface area contributed by atoms with Crippen molar-refractivity contribution >= 4 is 40.5 Å². The molecule has 0 aromatic heterocycles. The van der Waals surface area contributed by atoms with Crippen LogP contribution >= 0.6 is 23.2 Å². The van der Waals surface area contributed by atoms with E-state index in [0.717, 1.165) is 28.3 Å². The summed E-state index contributed by atoms with van der Waals surface area (Å²) in [7, 11) is 1.62. The van der Waals surface area contributed by atoms with Crippen molar-refractivity contribution < 1.29 is 14.3 Å². The Hall–Kier alpha value is -3.67. The van der Waals surface area contributed by atoms with Crippen molar-refractivity contribution in [3.8, 4) is 11.5 Å². The van der Waals surface area contributed by atoms with Crippen LogP contribution in [0.2, 0.25) is 10.0 Å². The molecule has 5 rings (SSSR count). The van der Waals surface area contributed by atoms with Crippen LogP contribution in [0, 0.1) is 0 Å². The fourth-order valence-electron chi connectivity index (χ4n) is 4.07. The molecular weight excluding hydrogens is 483 g/mol. The number of methoxy groups -OCH3 is 1. The van der Waals surface area contributed by atoms with Crippen LogP contribution < -0.4 is 19.7 Å². The highest BCUT2D eigenvalue weighted by Crippen LogP contribution is 2.38. The Bertz CT molecular complexity index is 1370. The average Bonchev–Trinajstić information content (AvgIpc) is 2.88. The van der Waals surface area contributed by atoms with Crippen LogP contribution in [0.4, 0.5) is 11.4 Å². The van der Waals surface area contributed by atoms with Crippen molar-refractivity contribution in [1.82, 2.24) is 0 Å². The standard InChI is InChI=1S/C28H22Cl2N2O3/c1-34-22-13-11-21(12-14-22)32-27(31-26-8-3-2-7-24(26)28(32)33)18-5-4-6-23(15-18)35-17-19-9-10-20(29)16-25(19)30/h2-16,27,31H,17H2,1H3. The zero-order chi connectivity index (χ0) is 24.4. The minimum Gasteiger partial charge on any atom is -0.497 e. The van der Waals surface area contributed by atoms with Gasteiger partial charge in [0.15, 0.2) is 0 Å². The molecule has 4 aromatic rings. The number of ether oxygens (including phenoxy) is 2. The monoisotopic (exact) mass is 504 g/mol. The van der Waals surface area contributed by atoms with Gasteiger partial charge in [-0.15, -0.1) is 0 Å². The molecule has 1 heterocycles. The molecule has 35 heavy (non-hydrogen) atoms. The lowest BCUT2D eigenvalue weighted by atomic mass is 10.0. The highest BCUT2D eigenvalue weighted by molar-refractivity contribution is 6.35. The Labute approximate surface area is 213 Å². The van der Waals surface area contributed by atoms with E-state index in [9.17, 15) is 4.79 Å². The second-order valence-corrected chi connectivity index (χ2v) is 8.91. The molecule has 7 heteroatoms. The highest BCUT2D eigenvalue weighted by atomic mass is 35.5. The van der Waals surface area contributed by atoms with E-state index in [2.05, 4.69) is 5.32 Å². The molecule has 0 radical (unpaired) electrons. The first-order valence-electron chi connectivity index (χ1n) is 11.0. The molecule has 1 unspecified atom stereocenters. The number of carbonyl (C=O) groups is 1. The number of benzene rings is 4. The third-order valence-corrected chi connectivity index (χ3v) is 6.45. The van der Waals surface area contributed by atoms with E-state index in [4.69, 9.17) is 32.7 Å². The smallest absolute Gasteiger partial charge is 0.262 e. The molecule has 1 N–H and O–H groups in total. The van der Waals surface area contributed by atoms with Crippen LogP contribution in [0.1, 0.15) is 27.7 Å². The van der Waals surface area contributed by atoms with E-state index in [0.29, 0.717) is 28.0 Å². The molecule has 4 aromatic carbocycles. The van der Waals surface area contributed by atoms with Gasteiger partial charge in [-0.1, -0.05) is 53.5 Å². The molecule has 1 atom stereocenters. The molecular formula is C28H22Cl2N2O3. The van der Waals surface area contributed by atoms with Crippen molar-refractivity contribution in [2.45, 2.75) is 12.8 Å². The Morgan fingerprint density at radius 3 is 2.46 bits per heavy atom. The van der Waals surface area contributed by atoms with Crippen LogP contribution in [-0.4, -0.2) is 13.0 Å². The molecule has 1 aliphatic heterocycles. The van der Waals surface area contributed by atoms with E-state index in [1.165, 1.54) is 0 Å². The number of nitrogens with zero attached hydrogens (tertiary/aromatic N) is 1. The second kappa shape index (κ2) is 9.90. The number of amides is 1. The van der Waals surface area contributed by atoms with E-state index >= 15 is 0 Å². The number of halogens is 2. The topological polar surface area (TPSA) is 50.8 Å². The van der Waals surface area contributed by atoms with Gasteiger partial charge in [0, 0.05) is 27.0 Å². The number of nitrogens with one attached hydrogen (secondary N) is 1. The molecule has 0 fully saturated rings. The lowest BCUT2D eigenvalue weighted by molar-refractivity contribution is 0.0975. The number of hydrogen-bond acceptors (Lipinski definition) is 4. The molecule has 1 aliphatic rings. The number of carbonyl (C=O) groups excluding carboxylic acids is 1. The van der Waals surface area contributed by atoms with Gasteiger partial charge in [0.2, 0.25) is 0 Å². The summed E-state index contributed by atoms with van der Waals surface area (Å²) in [6.07, 6.45) is -0.437. The highest BCUT2D eigenvalue weighted by Gasteiger charge is 2.34. The van der Waals surface area contributed by atoms with Crippen molar-refractivity contribution in [2.24, 2.45) is 0 Å².